The predicted octanol–water partition coefficient (Wildman–Crippen LogP) is 3.14. The highest BCUT2D eigenvalue weighted by molar-refractivity contribution is 5.92. The van der Waals surface area contributed by atoms with Crippen LogP contribution >= 0.6 is 0 Å². The molecule has 0 saturated carbocycles. The summed E-state index contributed by atoms with van der Waals surface area (Å²) in [6, 6.07) is 5.97. The summed E-state index contributed by atoms with van der Waals surface area (Å²) in [6.45, 7) is 10.8. The van der Waals surface area contributed by atoms with Gasteiger partial charge in [-0.3, -0.25) is 9.59 Å². The van der Waals surface area contributed by atoms with Crippen molar-refractivity contribution in [2.75, 3.05) is 18.4 Å². The van der Waals surface area contributed by atoms with Crippen molar-refractivity contribution in [1.29, 1.82) is 0 Å². The van der Waals surface area contributed by atoms with Gasteiger partial charge in [-0.1, -0.05) is 26.0 Å². The third-order valence-electron chi connectivity index (χ3n) is 3.31. The van der Waals surface area contributed by atoms with Gasteiger partial charge in [0, 0.05) is 32.1 Å². The number of nitrogens with one attached hydrogen (secondary N) is 1. The Morgan fingerprint density at radius 2 is 1.90 bits per heavy atom. The van der Waals surface area contributed by atoms with Crippen LogP contribution in [0, 0.1) is 19.8 Å². The van der Waals surface area contributed by atoms with Gasteiger partial charge in [0.1, 0.15) is 0 Å². The molecule has 0 aromatic heterocycles. The van der Waals surface area contributed by atoms with Crippen molar-refractivity contribution >= 4 is 17.5 Å². The molecule has 0 unspecified atom stereocenters. The first-order chi connectivity index (χ1) is 9.79. The number of benzene rings is 1. The summed E-state index contributed by atoms with van der Waals surface area (Å²) < 4.78 is 0. The van der Waals surface area contributed by atoms with E-state index in [1.165, 1.54) is 0 Å². The quantitative estimate of drug-likeness (QED) is 0.875. The van der Waals surface area contributed by atoms with Gasteiger partial charge in [-0.25, -0.2) is 0 Å². The number of carbonyl (C=O) groups is 2. The third kappa shape index (κ3) is 5.98. The molecule has 0 heterocycles. The van der Waals surface area contributed by atoms with Gasteiger partial charge < -0.3 is 10.2 Å². The first-order valence-electron chi connectivity index (χ1n) is 7.42. The number of nitrogens with zero attached hydrogens (tertiary/aromatic N) is 1. The number of rotatable bonds is 6. The lowest BCUT2D eigenvalue weighted by molar-refractivity contribution is -0.129. The molecule has 0 atom stereocenters. The Balaban J connectivity index is 2.57. The van der Waals surface area contributed by atoms with E-state index < -0.39 is 0 Å². The second-order valence-electron chi connectivity index (χ2n) is 5.98. The van der Waals surface area contributed by atoms with E-state index in [1.54, 1.807) is 11.8 Å². The van der Waals surface area contributed by atoms with Gasteiger partial charge in [-0.05, 0) is 37.0 Å². The van der Waals surface area contributed by atoms with Crippen molar-refractivity contribution in [3.8, 4) is 0 Å². The first kappa shape index (κ1) is 17.2. The van der Waals surface area contributed by atoms with Crippen molar-refractivity contribution < 1.29 is 9.59 Å². The summed E-state index contributed by atoms with van der Waals surface area (Å²) in [7, 11) is 0. The maximum atomic E-state index is 12.0. The number of hydrogen-bond donors (Lipinski definition) is 1. The van der Waals surface area contributed by atoms with Crippen LogP contribution in [-0.4, -0.2) is 29.8 Å². The average molecular weight is 290 g/mol. The Hall–Kier alpha value is -1.84. The van der Waals surface area contributed by atoms with Gasteiger partial charge in [-0.2, -0.15) is 0 Å². The van der Waals surface area contributed by atoms with E-state index in [0.29, 0.717) is 25.4 Å². The maximum absolute atomic E-state index is 12.0. The van der Waals surface area contributed by atoms with Crippen molar-refractivity contribution in [3.05, 3.63) is 29.3 Å². The molecule has 0 saturated heterocycles. The highest BCUT2D eigenvalue weighted by Gasteiger charge is 2.13. The smallest absolute Gasteiger partial charge is 0.226 e. The molecule has 21 heavy (non-hydrogen) atoms. The van der Waals surface area contributed by atoms with Crippen LogP contribution in [0.3, 0.4) is 0 Å². The summed E-state index contributed by atoms with van der Waals surface area (Å²) in [5.74, 6) is 0.359. The van der Waals surface area contributed by atoms with E-state index >= 15 is 0 Å². The maximum Gasteiger partial charge on any atom is 0.226 e. The van der Waals surface area contributed by atoms with Gasteiger partial charge >= 0.3 is 0 Å². The Morgan fingerprint density at radius 1 is 1.24 bits per heavy atom. The minimum absolute atomic E-state index is 0.0169. The number of hydrogen-bond acceptors (Lipinski definition) is 2. The summed E-state index contributed by atoms with van der Waals surface area (Å²) in [4.78, 5) is 25.3. The average Bonchev–Trinajstić information content (AvgIpc) is 2.38. The van der Waals surface area contributed by atoms with Crippen molar-refractivity contribution in [3.63, 3.8) is 0 Å². The van der Waals surface area contributed by atoms with E-state index in [2.05, 4.69) is 19.2 Å². The topological polar surface area (TPSA) is 49.4 Å². The number of anilines is 1. The zero-order valence-electron chi connectivity index (χ0n) is 13.7. The minimum Gasteiger partial charge on any atom is -0.342 e. The zero-order chi connectivity index (χ0) is 16.0. The van der Waals surface area contributed by atoms with E-state index in [9.17, 15) is 9.59 Å². The largest absolute Gasteiger partial charge is 0.342 e. The van der Waals surface area contributed by atoms with Gasteiger partial charge in [0.2, 0.25) is 11.8 Å². The fraction of sp³-hybridized carbons (Fsp3) is 0.529. The fourth-order valence-electron chi connectivity index (χ4n) is 2.14. The second-order valence-corrected chi connectivity index (χ2v) is 5.98. The van der Waals surface area contributed by atoms with Crippen LogP contribution in [0.2, 0.25) is 0 Å². The van der Waals surface area contributed by atoms with Crippen LogP contribution in [0.25, 0.3) is 0 Å². The van der Waals surface area contributed by atoms with Crippen LogP contribution in [0.5, 0.6) is 0 Å². The number of amides is 2. The lowest BCUT2D eigenvalue weighted by Crippen LogP contribution is -2.34. The van der Waals surface area contributed by atoms with Crippen LogP contribution in [0.15, 0.2) is 18.2 Å². The van der Waals surface area contributed by atoms with Gasteiger partial charge in [0.05, 0.1) is 0 Å². The van der Waals surface area contributed by atoms with Crippen LogP contribution in [0.1, 0.15) is 38.3 Å². The van der Waals surface area contributed by atoms with Crippen molar-refractivity contribution in [2.45, 2.75) is 41.0 Å². The van der Waals surface area contributed by atoms with Crippen molar-refractivity contribution in [2.24, 2.45) is 5.92 Å². The highest BCUT2D eigenvalue weighted by atomic mass is 16.2. The standard InChI is InChI=1S/C17H26N2O2/c1-12(2)11-19(15(5)20)9-8-17(21)18-16-10-13(3)6-7-14(16)4/h6-7,10,12H,8-9,11H2,1-5H3,(H,18,21). The first-order valence-corrected chi connectivity index (χ1v) is 7.42. The molecule has 2 amide bonds. The Labute approximate surface area is 127 Å². The molecule has 0 radical (unpaired) electrons. The monoisotopic (exact) mass is 290 g/mol. The Morgan fingerprint density at radius 3 is 2.48 bits per heavy atom. The molecule has 116 valence electrons. The van der Waals surface area contributed by atoms with E-state index in [4.69, 9.17) is 0 Å². The molecule has 4 heteroatoms. The molecule has 4 nitrogen and oxygen atoms in total. The molecule has 0 spiro atoms. The molecule has 0 aliphatic rings. The van der Waals surface area contributed by atoms with E-state index in [1.807, 2.05) is 32.0 Å². The second kappa shape index (κ2) is 7.81. The Bertz CT molecular complexity index is 510. The van der Waals surface area contributed by atoms with Crippen LogP contribution in [-0.2, 0) is 9.59 Å². The lowest BCUT2D eigenvalue weighted by atomic mass is 10.1. The van der Waals surface area contributed by atoms with E-state index in [-0.39, 0.29) is 11.8 Å². The highest BCUT2D eigenvalue weighted by Crippen LogP contribution is 2.16. The van der Waals surface area contributed by atoms with Crippen LogP contribution < -0.4 is 5.32 Å². The number of aryl methyl sites for hydroxylation is 2. The summed E-state index contributed by atoms with van der Waals surface area (Å²) in [5.41, 5.74) is 3.00. The molecular weight excluding hydrogens is 264 g/mol. The molecule has 1 N–H and O–H groups in total. The number of carbonyl (C=O) groups excluding carboxylic acids is 2. The summed E-state index contributed by atoms with van der Waals surface area (Å²) in [6.07, 6.45) is 0.319. The molecule has 0 aliphatic carbocycles. The lowest BCUT2D eigenvalue weighted by Gasteiger charge is -2.22. The SMILES string of the molecule is CC(=O)N(CCC(=O)Nc1cc(C)ccc1C)CC(C)C. The van der Waals surface area contributed by atoms with E-state index in [0.717, 1.165) is 16.8 Å². The normalized spacial score (nSPS) is 10.6. The molecule has 1 aromatic carbocycles. The molecular formula is C17H26N2O2. The molecule has 0 aliphatic heterocycles. The zero-order valence-corrected chi connectivity index (χ0v) is 13.7. The predicted molar refractivity (Wildman–Crippen MR) is 86.3 cm³/mol. The summed E-state index contributed by atoms with van der Waals surface area (Å²) >= 11 is 0. The minimum atomic E-state index is -0.0568. The van der Waals surface area contributed by atoms with Gasteiger partial charge in [-0.15, -0.1) is 0 Å². The summed E-state index contributed by atoms with van der Waals surface area (Å²) in [5, 5.41) is 2.92. The van der Waals surface area contributed by atoms with Gasteiger partial charge in [0.15, 0.2) is 0 Å². The molecule has 0 fully saturated rings. The molecule has 1 aromatic rings. The third-order valence-corrected chi connectivity index (χ3v) is 3.31. The molecule has 0 bridgehead atoms. The Kier molecular flexibility index (Phi) is 6.40. The van der Waals surface area contributed by atoms with Crippen LogP contribution in [0.4, 0.5) is 5.69 Å². The van der Waals surface area contributed by atoms with Gasteiger partial charge in [0.25, 0.3) is 0 Å². The van der Waals surface area contributed by atoms with Crippen molar-refractivity contribution in [1.82, 2.24) is 4.90 Å². The molecule has 1 rings (SSSR count). The fourth-order valence-corrected chi connectivity index (χ4v) is 2.14.